The summed E-state index contributed by atoms with van der Waals surface area (Å²) in [5, 5.41) is 3.16. The van der Waals surface area contributed by atoms with Gasteiger partial charge in [0.1, 0.15) is 0 Å². The van der Waals surface area contributed by atoms with Crippen LogP contribution in [-0.4, -0.2) is 19.0 Å². The van der Waals surface area contributed by atoms with Crippen LogP contribution in [0.2, 0.25) is 0 Å². The second-order valence-corrected chi connectivity index (χ2v) is 6.95. The smallest absolute Gasteiger partial charge is 0.223 e. The Hall–Kier alpha value is -1.06. The van der Waals surface area contributed by atoms with Crippen molar-refractivity contribution in [2.75, 3.05) is 13.1 Å². The number of rotatable bonds is 5. The highest BCUT2D eigenvalue weighted by molar-refractivity contribution is 5.85. The van der Waals surface area contributed by atoms with Crippen molar-refractivity contribution in [3.8, 4) is 0 Å². The fraction of sp³-hybridized carbons (Fsp3) is 0.611. The van der Waals surface area contributed by atoms with Gasteiger partial charge in [-0.1, -0.05) is 44.5 Å². The lowest BCUT2D eigenvalue weighted by Crippen LogP contribution is -2.41. The van der Waals surface area contributed by atoms with Gasteiger partial charge in [0, 0.05) is 17.9 Å². The number of benzene rings is 1. The van der Waals surface area contributed by atoms with Gasteiger partial charge in [0.2, 0.25) is 5.91 Å². The largest absolute Gasteiger partial charge is 0.355 e. The molecule has 1 amide bonds. The Morgan fingerprint density at radius 1 is 1.32 bits per heavy atom. The van der Waals surface area contributed by atoms with Gasteiger partial charge in [-0.25, -0.2) is 0 Å². The molecule has 0 heterocycles. The summed E-state index contributed by atoms with van der Waals surface area (Å²) in [5.41, 5.74) is 8.29. The van der Waals surface area contributed by atoms with Crippen LogP contribution in [0.25, 0.3) is 0 Å². The van der Waals surface area contributed by atoms with Gasteiger partial charge >= 0.3 is 0 Å². The molecule has 0 aliphatic heterocycles. The lowest BCUT2D eigenvalue weighted by molar-refractivity contribution is -0.126. The second kappa shape index (κ2) is 7.98. The molecule has 2 rings (SSSR count). The summed E-state index contributed by atoms with van der Waals surface area (Å²) in [7, 11) is 0. The highest BCUT2D eigenvalue weighted by atomic mass is 35.5. The number of carbonyl (C=O) groups excluding carboxylic acids is 1. The third-order valence-electron chi connectivity index (χ3n) is 4.88. The number of hydrogen-bond acceptors (Lipinski definition) is 2. The van der Waals surface area contributed by atoms with Gasteiger partial charge in [-0.3, -0.25) is 4.79 Å². The van der Waals surface area contributed by atoms with E-state index in [1.807, 2.05) is 0 Å². The van der Waals surface area contributed by atoms with E-state index in [4.69, 9.17) is 5.73 Å². The molecule has 1 aromatic rings. The monoisotopic (exact) mass is 324 g/mol. The van der Waals surface area contributed by atoms with Crippen molar-refractivity contribution >= 4 is 18.3 Å². The molecule has 3 nitrogen and oxygen atoms in total. The summed E-state index contributed by atoms with van der Waals surface area (Å²) in [6, 6.07) is 8.39. The van der Waals surface area contributed by atoms with Crippen molar-refractivity contribution in [1.82, 2.24) is 5.32 Å². The molecule has 0 radical (unpaired) electrons. The minimum atomic E-state index is -0.0577. The van der Waals surface area contributed by atoms with Crippen LogP contribution in [0.4, 0.5) is 0 Å². The van der Waals surface area contributed by atoms with Crippen LogP contribution in [0.3, 0.4) is 0 Å². The molecule has 1 aromatic carbocycles. The molecular formula is C18H29ClN2O. The Labute approximate surface area is 140 Å². The van der Waals surface area contributed by atoms with Crippen molar-refractivity contribution in [2.24, 2.45) is 17.6 Å². The molecule has 0 bridgehead atoms. The number of aryl methyl sites for hydroxylation is 1. The maximum Gasteiger partial charge on any atom is 0.223 e. The summed E-state index contributed by atoms with van der Waals surface area (Å²) in [5.74, 6) is 0.666. The first-order valence-electron chi connectivity index (χ1n) is 7.99. The van der Waals surface area contributed by atoms with Crippen molar-refractivity contribution < 1.29 is 4.79 Å². The molecule has 2 atom stereocenters. The summed E-state index contributed by atoms with van der Waals surface area (Å²) < 4.78 is 0. The minimum Gasteiger partial charge on any atom is -0.355 e. The molecule has 0 saturated heterocycles. The van der Waals surface area contributed by atoms with E-state index in [0.29, 0.717) is 19.0 Å². The van der Waals surface area contributed by atoms with E-state index in [0.717, 1.165) is 19.3 Å². The lowest BCUT2D eigenvalue weighted by Gasteiger charge is -2.28. The fourth-order valence-electron chi connectivity index (χ4n) is 3.53. The zero-order valence-corrected chi connectivity index (χ0v) is 14.7. The SMILES string of the molecule is Cc1ccccc1C(C)(C)CNC(=O)[C@@H]1CCC[C@@H]1CN.Cl. The number of nitrogens with two attached hydrogens (primary N) is 1. The maximum atomic E-state index is 12.4. The van der Waals surface area contributed by atoms with Gasteiger partial charge < -0.3 is 11.1 Å². The first-order valence-corrected chi connectivity index (χ1v) is 7.99. The Balaban J connectivity index is 0.00000242. The number of carbonyl (C=O) groups is 1. The van der Waals surface area contributed by atoms with Crippen molar-refractivity contribution in [2.45, 2.75) is 45.4 Å². The normalized spacial score (nSPS) is 21.3. The maximum absolute atomic E-state index is 12.4. The quantitative estimate of drug-likeness (QED) is 0.874. The molecular weight excluding hydrogens is 296 g/mol. The summed E-state index contributed by atoms with van der Waals surface area (Å²) in [4.78, 5) is 12.4. The van der Waals surface area contributed by atoms with Gasteiger partial charge in [0.15, 0.2) is 0 Å². The van der Waals surface area contributed by atoms with Gasteiger partial charge in [0.25, 0.3) is 0 Å². The highest BCUT2D eigenvalue weighted by Gasteiger charge is 2.33. The third-order valence-corrected chi connectivity index (χ3v) is 4.88. The van der Waals surface area contributed by atoms with E-state index < -0.39 is 0 Å². The van der Waals surface area contributed by atoms with Gasteiger partial charge in [-0.2, -0.15) is 0 Å². The summed E-state index contributed by atoms with van der Waals surface area (Å²) in [6.07, 6.45) is 3.20. The topological polar surface area (TPSA) is 55.1 Å². The first-order chi connectivity index (χ1) is 9.95. The number of hydrogen-bond donors (Lipinski definition) is 2. The molecule has 4 heteroatoms. The molecule has 0 unspecified atom stereocenters. The summed E-state index contributed by atoms with van der Waals surface area (Å²) in [6.45, 7) is 7.79. The molecule has 124 valence electrons. The van der Waals surface area contributed by atoms with Crippen molar-refractivity contribution in [1.29, 1.82) is 0 Å². The van der Waals surface area contributed by atoms with E-state index in [-0.39, 0.29) is 29.6 Å². The fourth-order valence-corrected chi connectivity index (χ4v) is 3.53. The van der Waals surface area contributed by atoms with Crippen LogP contribution in [0.5, 0.6) is 0 Å². The molecule has 22 heavy (non-hydrogen) atoms. The highest BCUT2D eigenvalue weighted by Crippen LogP contribution is 2.31. The van der Waals surface area contributed by atoms with E-state index in [2.05, 4.69) is 50.4 Å². The average Bonchev–Trinajstić information content (AvgIpc) is 2.93. The Kier molecular flexibility index (Phi) is 6.89. The zero-order valence-electron chi connectivity index (χ0n) is 13.9. The predicted molar refractivity (Wildman–Crippen MR) is 94.3 cm³/mol. The molecule has 1 aliphatic carbocycles. The van der Waals surface area contributed by atoms with Crippen molar-refractivity contribution in [3.63, 3.8) is 0 Å². The molecule has 0 aromatic heterocycles. The van der Waals surface area contributed by atoms with Crippen LogP contribution in [0, 0.1) is 18.8 Å². The van der Waals surface area contributed by atoms with Crippen LogP contribution in [-0.2, 0) is 10.2 Å². The van der Waals surface area contributed by atoms with Crippen LogP contribution in [0.1, 0.15) is 44.2 Å². The second-order valence-electron chi connectivity index (χ2n) is 6.95. The van der Waals surface area contributed by atoms with Gasteiger partial charge in [-0.05, 0) is 43.4 Å². The van der Waals surface area contributed by atoms with E-state index in [9.17, 15) is 4.79 Å². The Morgan fingerprint density at radius 2 is 2.00 bits per heavy atom. The molecule has 3 N–H and O–H groups in total. The number of halogens is 1. The third kappa shape index (κ3) is 4.23. The molecule has 1 fully saturated rings. The minimum absolute atomic E-state index is 0. The lowest BCUT2D eigenvalue weighted by atomic mass is 9.82. The van der Waals surface area contributed by atoms with E-state index in [1.54, 1.807) is 0 Å². The number of nitrogens with one attached hydrogen (secondary N) is 1. The Morgan fingerprint density at radius 3 is 2.64 bits per heavy atom. The summed E-state index contributed by atoms with van der Waals surface area (Å²) >= 11 is 0. The van der Waals surface area contributed by atoms with E-state index >= 15 is 0 Å². The van der Waals surface area contributed by atoms with E-state index in [1.165, 1.54) is 11.1 Å². The molecule has 1 saturated carbocycles. The molecule has 1 aliphatic rings. The van der Waals surface area contributed by atoms with Crippen LogP contribution < -0.4 is 11.1 Å². The Bertz CT molecular complexity index is 502. The van der Waals surface area contributed by atoms with Gasteiger partial charge in [-0.15, -0.1) is 12.4 Å². The average molecular weight is 325 g/mol. The van der Waals surface area contributed by atoms with Crippen LogP contribution >= 0.6 is 12.4 Å². The number of amides is 1. The predicted octanol–water partition coefficient (Wildman–Crippen LogP) is 3.19. The zero-order chi connectivity index (χ0) is 15.5. The van der Waals surface area contributed by atoms with Crippen LogP contribution in [0.15, 0.2) is 24.3 Å². The molecule has 0 spiro atoms. The standard InChI is InChI=1S/C18H28N2O.ClH/c1-13-7-4-5-10-16(13)18(2,3)12-20-17(21)15-9-6-8-14(15)11-19;/h4-5,7,10,14-15H,6,8-9,11-12,19H2,1-3H3,(H,20,21);1H/t14-,15-;/m1./s1. The first kappa shape index (κ1) is 19.0. The van der Waals surface area contributed by atoms with Crippen molar-refractivity contribution in [3.05, 3.63) is 35.4 Å². The van der Waals surface area contributed by atoms with Gasteiger partial charge in [0.05, 0.1) is 0 Å².